The average molecular weight is 298 g/mol. The molecule has 0 aliphatic rings. The molecule has 0 atom stereocenters. The minimum Gasteiger partial charge on any atom is -0.507 e. The summed E-state index contributed by atoms with van der Waals surface area (Å²) in [4.78, 5) is 16.0. The maximum atomic E-state index is 11.5. The number of rotatable bonds is 3. The van der Waals surface area contributed by atoms with Crippen LogP contribution in [-0.2, 0) is 4.79 Å². The minimum absolute atomic E-state index is 0.0593. The van der Waals surface area contributed by atoms with Crippen LogP contribution in [0.1, 0.15) is 13.3 Å². The molecule has 0 saturated carbocycles. The molecule has 21 heavy (non-hydrogen) atoms. The van der Waals surface area contributed by atoms with Gasteiger partial charge < -0.3 is 10.4 Å². The Morgan fingerprint density at radius 1 is 1.29 bits per heavy atom. The van der Waals surface area contributed by atoms with Gasteiger partial charge in [-0.3, -0.25) is 4.79 Å². The number of nitrogens with one attached hydrogen (secondary N) is 1. The topological polar surface area (TPSA) is 62.2 Å². The molecule has 0 spiro atoms. The van der Waals surface area contributed by atoms with Crippen LogP contribution >= 0.6 is 11.3 Å². The smallest absolute Gasteiger partial charge is 0.224 e. The number of amides is 1. The van der Waals surface area contributed by atoms with Gasteiger partial charge in [0.25, 0.3) is 0 Å². The van der Waals surface area contributed by atoms with Crippen LogP contribution in [0.25, 0.3) is 20.8 Å². The van der Waals surface area contributed by atoms with Gasteiger partial charge in [0.2, 0.25) is 5.91 Å². The van der Waals surface area contributed by atoms with Crippen LogP contribution in [0.4, 0.5) is 5.69 Å². The Labute approximate surface area is 126 Å². The second-order valence-corrected chi connectivity index (χ2v) is 5.65. The summed E-state index contributed by atoms with van der Waals surface area (Å²) in [6.45, 7) is 1.80. The Balaban J connectivity index is 2.04. The number of para-hydroxylation sites is 1. The third-order valence-corrected chi connectivity index (χ3v) is 4.20. The number of phenolic OH excluding ortho intramolecular Hbond substituents is 1. The normalized spacial score (nSPS) is 10.7. The van der Waals surface area contributed by atoms with E-state index in [1.54, 1.807) is 25.1 Å². The summed E-state index contributed by atoms with van der Waals surface area (Å²) in [6, 6.07) is 12.8. The molecule has 0 bridgehead atoms. The Kier molecular flexibility index (Phi) is 3.58. The summed E-state index contributed by atoms with van der Waals surface area (Å²) in [5.41, 5.74) is 2.19. The van der Waals surface area contributed by atoms with Gasteiger partial charge in [-0.15, -0.1) is 11.3 Å². The number of phenols is 1. The number of fused-ring (bicyclic) bond motifs is 1. The lowest BCUT2D eigenvalue weighted by molar-refractivity contribution is -0.115. The Morgan fingerprint density at radius 2 is 2.10 bits per heavy atom. The van der Waals surface area contributed by atoms with Gasteiger partial charge in [-0.2, -0.15) is 0 Å². The highest BCUT2D eigenvalue weighted by Gasteiger charge is 2.11. The molecule has 3 aromatic rings. The van der Waals surface area contributed by atoms with Gasteiger partial charge >= 0.3 is 0 Å². The fourth-order valence-electron chi connectivity index (χ4n) is 2.02. The number of aromatic hydroxyl groups is 1. The van der Waals surface area contributed by atoms with Gasteiger partial charge in [0.05, 0.1) is 15.8 Å². The number of hydrogen-bond acceptors (Lipinski definition) is 4. The number of anilines is 1. The predicted molar refractivity (Wildman–Crippen MR) is 85.6 cm³/mol. The summed E-state index contributed by atoms with van der Waals surface area (Å²) >= 11 is 1.51. The highest BCUT2D eigenvalue weighted by molar-refractivity contribution is 7.21. The molecule has 1 heterocycles. The van der Waals surface area contributed by atoms with Crippen molar-refractivity contribution >= 4 is 33.1 Å². The van der Waals surface area contributed by atoms with E-state index in [0.717, 1.165) is 15.2 Å². The SMILES string of the molecule is CCC(=O)Nc1ccc(O)c(-c2nc3ccccc3s2)c1. The van der Waals surface area contributed by atoms with Crippen molar-refractivity contribution < 1.29 is 9.90 Å². The van der Waals surface area contributed by atoms with Crippen molar-refractivity contribution in [2.24, 2.45) is 0 Å². The summed E-state index contributed by atoms with van der Waals surface area (Å²) in [7, 11) is 0. The van der Waals surface area contributed by atoms with Crippen LogP contribution < -0.4 is 5.32 Å². The monoisotopic (exact) mass is 298 g/mol. The van der Waals surface area contributed by atoms with E-state index in [4.69, 9.17) is 0 Å². The molecule has 0 aliphatic heterocycles. The van der Waals surface area contributed by atoms with E-state index in [1.165, 1.54) is 11.3 Å². The first-order valence-electron chi connectivity index (χ1n) is 6.66. The first kappa shape index (κ1) is 13.6. The van der Waals surface area contributed by atoms with E-state index >= 15 is 0 Å². The second-order valence-electron chi connectivity index (χ2n) is 4.62. The van der Waals surface area contributed by atoms with Crippen molar-refractivity contribution in [3.05, 3.63) is 42.5 Å². The molecule has 0 radical (unpaired) electrons. The maximum absolute atomic E-state index is 11.5. The third-order valence-electron chi connectivity index (χ3n) is 3.13. The first-order chi connectivity index (χ1) is 10.2. The molecule has 2 aromatic carbocycles. The highest BCUT2D eigenvalue weighted by Crippen LogP contribution is 2.36. The van der Waals surface area contributed by atoms with Crippen molar-refractivity contribution in [3.63, 3.8) is 0 Å². The van der Waals surface area contributed by atoms with Crippen molar-refractivity contribution in [3.8, 4) is 16.3 Å². The zero-order valence-corrected chi connectivity index (χ0v) is 12.3. The third kappa shape index (κ3) is 2.73. The first-order valence-corrected chi connectivity index (χ1v) is 7.48. The van der Waals surface area contributed by atoms with E-state index in [2.05, 4.69) is 10.3 Å². The molecular formula is C16H14N2O2S. The zero-order chi connectivity index (χ0) is 14.8. The lowest BCUT2D eigenvalue weighted by atomic mass is 10.2. The molecule has 0 aliphatic carbocycles. The van der Waals surface area contributed by atoms with Gasteiger partial charge in [-0.05, 0) is 30.3 Å². The maximum Gasteiger partial charge on any atom is 0.224 e. The average Bonchev–Trinajstić information content (AvgIpc) is 2.92. The van der Waals surface area contributed by atoms with E-state index < -0.39 is 0 Å². The molecule has 1 amide bonds. The van der Waals surface area contributed by atoms with Gasteiger partial charge in [-0.1, -0.05) is 19.1 Å². The molecule has 4 nitrogen and oxygen atoms in total. The van der Waals surface area contributed by atoms with Crippen molar-refractivity contribution in [1.82, 2.24) is 4.98 Å². The van der Waals surface area contributed by atoms with Crippen LogP contribution in [0.3, 0.4) is 0 Å². The van der Waals surface area contributed by atoms with Crippen LogP contribution in [0.2, 0.25) is 0 Å². The molecule has 0 fully saturated rings. The van der Waals surface area contributed by atoms with Crippen LogP contribution in [0, 0.1) is 0 Å². The van der Waals surface area contributed by atoms with E-state index in [1.807, 2.05) is 24.3 Å². The molecule has 0 saturated heterocycles. The van der Waals surface area contributed by atoms with E-state index in [-0.39, 0.29) is 11.7 Å². The number of carbonyl (C=O) groups is 1. The van der Waals surface area contributed by atoms with E-state index in [0.29, 0.717) is 17.7 Å². The van der Waals surface area contributed by atoms with Crippen LogP contribution in [0.5, 0.6) is 5.75 Å². The van der Waals surface area contributed by atoms with Crippen LogP contribution in [0.15, 0.2) is 42.5 Å². The van der Waals surface area contributed by atoms with Crippen molar-refractivity contribution in [2.45, 2.75) is 13.3 Å². The largest absolute Gasteiger partial charge is 0.507 e. The van der Waals surface area contributed by atoms with Crippen LogP contribution in [-0.4, -0.2) is 16.0 Å². The lowest BCUT2D eigenvalue weighted by Gasteiger charge is -2.06. The number of nitrogens with zero attached hydrogens (tertiary/aromatic N) is 1. The zero-order valence-electron chi connectivity index (χ0n) is 11.5. The fourth-order valence-corrected chi connectivity index (χ4v) is 3.01. The molecule has 5 heteroatoms. The molecular weight excluding hydrogens is 284 g/mol. The number of carbonyl (C=O) groups excluding carboxylic acids is 1. The Bertz CT molecular complexity index is 778. The predicted octanol–water partition coefficient (Wildman–Crippen LogP) is 4.02. The van der Waals surface area contributed by atoms with Crippen molar-refractivity contribution in [1.29, 1.82) is 0 Å². The van der Waals surface area contributed by atoms with E-state index in [9.17, 15) is 9.90 Å². The Hall–Kier alpha value is -2.40. The van der Waals surface area contributed by atoms with Gasteiger partial charge in [0.15, 0.2) is 0 Å². The molecule has 2 N–H and O–H groups in total. The number of aromatic nitrogens is 1. The summed E-state index contributed by atoms with van der Waals surface area (Å²) < 4.78 is 1.06. The van der Waals surface area contributed by atoms with Crippen molar-refractivity contribution in [2.75, 3.05) is 5.32 Å². The summed E-state index contributed by atoms with van der Waals surface area (Å²) in [6.07, 6.45) is 0.414. The fraction of sp³-hybridized carbons (Fsp3) is 0.125. The number of hydrogen-bond donors (Lipinski definition) is 2. The molecule has 0 unspecified atom stereocenters. The highest BCUT2D eigenvalue weighted by atomic mass is 32.1. The summed E-state index contributed by atoms with van der Waals surface area (Å²) in [5, 5.41) is 13.6. The lowest BCUT2D eigenvalue weighted by Crippen LogP contribution is -2.09. The standard InChI is InChI=1S/C16H14N2O2S/c1-2-15(20)17-10-7-8-13(19)11(9-10)16-18-12-5-3-4-6-14(12)21-16/h3-9,19H,2H2,1H3,(H,17,20). The minimum atomic E-state index is -0.0593. The van der Waals surface area contributed by atoms with Gasteiger partial charge in [0, 0.05) is 12.1 Å². The second kappa shape index (κ2) is 5.54. The van der Waals surface area contributed by atoms with Gasteiger partial charge in [0.1, 0.15) is 10.8 Å². The number of benzene rings is 2. The molecule has 3 rings (SSSR count). The molecule has 106 valence electrons. The summed E-state index contributed by atoms with van der Waals surface area (Å²) in [5.74, 6) is 0.0968. The quantitative estimate of drug-likeness (QED) is 0.718. The number of thiazole rings is 1. The molecule has 1 aromatic heterocycles. The van der Waals surface area contributed by atoms with Gasteiger partial charge in [-0.25, -0.2) is 4.98 Å². The Morgan fingerprint density at radius 3 is 2.86 bits per heavy atom.